The summed E-state index contributed by atoms with van der Waals surface area (Å²) in [6, 6.07) is 0. The Morgan fingerprint density at radius 1 is 1.62 bits per heavy atom. The fourth-order valence-corrected chi connectivity index (χ4v) is 0.973. The minimum Gasteiger partial charge on any atom is -0.450 e. The van der Waals surface area contributed by atoms with Gasteiger partial charge < -0.3 is 10.5 Å². The molecule has 0 aliphatic rings. The van der Waals surface area contributed by atoms with E-state index in [4.69, 9.17) is 10.3 Å². The van der Waals surface area contributed by atoms with Gasteiger partial charge in [0.1, 0.15) is 0 Å². The number of carbonyl (C=O) groups is 1. The predicted molar refractivity (Wildman–Crippen MR) is 48.2 cm³/mol. The molecule has 3 N–H and O–H groups in total. The van der Waals surface area contributed by atoms with Crippen LogP contribution in [0.4, 0.5) is 4.79 Å². The molecule has 0 spiro atoms. The second kappa shape index (κ2) is 6.81. The first-order valence-corrected chi connectivity index (χ1v) is 4.84. The number of carbonyl (C=O) groups excluding carboxylic acids is 1. The maximum atomic E-state index is 10.4. The third kappa shape index (κ3) is 7.69. The highest BCUT2D eigenvalue weighted by molar-refractivity contribution is 7.76. The molecule has 0 saturated heterocycles. The Hall–Kier alpha value is -0.660. The molecule has 13 heavy (non-hydrogen) atoms. The number of amides is 1. The second-order valence-electron chi connectivity index (χ2n) is 2.46. The minimum atomic E-state index is -1.92. The van der Waals surface area contributed by atoms with Crippen molar-refractivity contribution in [3.05, 3.63) is 0 Å². The molecule has 6 nitrogen and oxygen atoms in total. The molecule has 0 heterocycles. The standard InChI is InChI=1S/C6H14N2O4S/c1-8(13(10)11)4-2-3-5-12-6(7)9/h2-5H2,1H3,(H2,7,9)(H,10,11). The van der Waals surface area contributed by atoms with Gasteiger partial charge in [-0.3, -0.25) is 4.55 Å². The lowest BCUT2D eigenvalue weighted by molar-refractivity contribution is 0.154. The van der Waals surface area contributed by atoms with Crippen molar-refractivity contribution in [2.45, 2.75) is 12.8 Å². The van der Waals surface area contributed by atoms with Crippen molar-refractivity contribution in [2.24, 2.45) is 5.73 Å². The van der Waals surface area contributed by atoms with Gasteiger partial charge >= 0.3 is 6.09 Å². The monoisotopic (exact) mass is 210 g/mol. The molecule has 1 unspecified atom stereocenters. The molecule has 0 aromatic carbocycles. The molecule has 7 heteroatoms. The lowest BCUT2D eigenvalue weighted by Crippen LogP contribution is -2.22. The van der Waals surface area contributed by atoms with E-state index in [0.29, 0.717) is 19.4 Å². The van der Waals surface area contributed by atoms with Crippen molar-refractivity contribution >= 4 is 17.4 Å². The SMILES string of the molecule is CN(CCCCOC(N)=O)S(=O)O. The van der Waals surface area contributed by atoms with E-state index in [1.807, 2.05) is 0 Å². The van der Waals surface area contributed by atoms with Crippen LogP contribution in [0.2, 0.25) is 0 Å². The van der Waals surface area contributed by atoms with E-state index in [-0.39, 0.29) is 6.61 Å². The minimum absolute atomic E-state index is 0.251. The van der Waals surface area contributed by atoms with E-state index in [0.717, 1.165) is 0 Å². The first-order valence-electron chi connectivity index (χ1n) is 3.78. The summed E-state index contributed by atoms with van der Waals surface area (Å²) < 4.78 is 24.7. The van der Waals surface area contributed by atoms with E-state index in [2.05, 4.69) is 4.74 Å². The van der Waals surface area contributed by atoms with Crippen LogP contribution in [-0.4, -0.2) is 39.4 Å². The Balaban J connectivity index is 3.26. The van der Waals surface area contributed by atoms with Gasteiger partial charge in [0.15, 0.2) is 0 Å². The number of ether oxygens (including phenoxy) is 1. The summed E-state index contributed by atoms with van der Waals surface area (Å²) >= 11 is -1.92. The lowest BCUT2D eigenvalue weighted by atomic mass is 10.3. The summed E-state index contributed by atoms with van der Waals surface area (Å²) in [7, 11) is 1.53. The van der Waals surface area contributed by atoms with Gasteiger partial charge in [-0.25, -0.2) is 13.3 Å². The number of primary amides is 1. The Morgan fingerprint density at radius 3 is 2.69 bits per heavy atom. The zero-order chi connectivity index (χ0) is 10.3. The normalized spacial score (nSPS) is 12.8. The molecule has 0 aliphatic carbocycles. The van der Waals surface area contributed by atoms with Gasteiger partial charge in [0.25, 0.3) is 0 Å². The highest BCUT2D eigenvalue weighted by Gasteiger charge is 2.02. The third-order valence-corrected chi connectivity index (χ3v) is 2.09. The molecule has 78 valence electrons. The molecule has 0 aromatic heterocycles. The maximum absolute atomic E-state index is 10.4. The molecular weight excluding hydrogens is 196 g/mol. The topological polar surface area (TPSA) is 92.9 Å². The van der Waals surface area contributed by atoms with Crippen LogP contribution in [0.25, 0.3) is 0 Å². The largest absolute Gasteiger partial charge is 0.450 e. The summed E-state index contributed by atoms with van der Waals surface area (Å²) in [4.78, 5) is 10.1. The quantitative estimate of drug-likeness (QED) is 0.474. The van der Waals surface area contributed by atoms with Crippen LogP contribution in [-0.2, 0) is 16.0 Å². The van der Waals surface area contributed by atoms with E-state index in [9.17, 15) is 9.00 Å². The van der Waals surface area contributed by atoms with Crippen molar-refractivity contribution in [2.75, 3.05) is 20.2 Å². The van der Waals surface area contributed by atoms with E-state index in [1.54, 1.807) is 0 Å². The van der Waals surface area contributed by atoms with Gasteiger partial charge in [-0.1, -0.05) is 0 Å². The number of unbranched alkanes of at least 4 members (excludes halogenated alkanes) is 1. The third-order valence-electron chi connectivity index (χ3n) is 1.38. The van der Waals surface area contributed by atoms with Gasteiger partial charge in [0.05, 0.1) is 6.61 Å². The van der Waals surface area contributed by atoms with Gasteiger partial charge in [-0.05, 0) is 12.8 Å². The van der Waals surface area contributed by atoms with Crippen LogP contribution in [0, 0.1) is 0 Å². The summed E-state index contributed by atoms with van der Waals surface area (Å²) in [5.41, 5.74) is 4.72. The van der Waals surface area contributed by atoms with Crippen molar-refractivity contribution < 1.29 is 18.3 Å². The molecule has 1 atom stereocenters. The number of rotatable bonds is 6. The molecule has 1 amide bonds. The summed E-state index contributed by atoms with van der Waals surface area (Å²) in [5, 5.41) is 0. The predicted octanol–water partition coefficient (Wildman–Crippen LogP) is -0.0696. The molecular formula is C6H14N2O4S. The summed E-state index contributed by atoms with van der Waals surface area (Å²) in [6.07, 6.45) is 0.514. The van der Waals surface area contributed by atoms with Gasteiger partial charge in [-0.2, -0.15) is 0 Å². The second-order valence-corrected chi connectivity index (χ2v) is 3.54. The van der Waals surface area contributed by atoms with Crippen LogP contribution < -0.4 is 5.73 Å². The summed E-state index contributed by atoms with van der Waals surface area (Å²) in [6.45, 7) is 0.729. The van der Waals surface area contributed by atoms with Crippen molar-refractivity contribution in [3.8, 4) is 0 Å². The molecule has 0 aromatic rings. The average molecular weight is 210 g/mol. The molecule has 0 fully saturated rings. The van der Waals surface area contributed by atoms with Gasteiger partial charge in [0, 0.05) is 13.6 Å². The molecule has 0 aliphatic heterocycles. The Kier molecular flexibility index (Phi) is 6.47. The molecule has 0 bridgehead atoms. The van der Waals surface area contributed by atoms with Crippen molar-refractivity contribution in [1.29, 1.82) is 0 Å². The molecule has 0 radical (unpaired) electrons. The van der Waals surface area contributed by atoms with Gasteiger partial charge in [0.2, 0.25) is 11.3 Å². The van der Waals surface area contributed by atoms with Crippen LogP contribution in [0.1, 0.15) is 12.8 Å². The fourth-order valence-electron chi connectivity index (χ4n) is 0.687. The Labute approximate surface area is 79.5 Å². The number of nitrogens with zero attached hydrogens (tertiary/aromatic N) is 1. The van der Waals surface area contributed by atoms with E-state index < -0.39 is 17.4 Å². The molecule has 0 rings (SSSR count). The van der Waals surface area contributed by atoms with Crippen LogP contribution in [0.5, 0.6) is 0 Å². The fraction of sp³-hybridized carbons (Fsp3) is 0.833. The van der Waals surface area contributed by atoms with Crippen LogP contribution in [0.3, 0.4) is 0 Å². The zero-order valence-electron chi connectivity index (χ0n) is 7.43. The van der Waals surface area contributed by atoms with Crippen molar-refractivity contribution in [3.63, 3.8) is 0 Å². The molecule has 0 saturated carbocycles. The van der Waals surface area contributed by atoms with Crippen molar-refractivity contribution in [1.82, 2.24) is 4.31 Å². The zero-order valence-corrected chi connectivity index (χ0v) is 8.25. The van der Waals surface area contributed by atoms with Crippen LogP contribution >= 0.6 is 0 Å². The van der Waals surface area contributed by atoms with Gasteiger partial charge in [-0.15, -0.1) is 0 Å². The van der Waals surface area contributed by atoms with E-state index >= 15 is 0 Å². The van der Waals surface area contributed by atoms with E-state index in [1.165, 1.54) is 11.4 Å². The Morgan fingerprint density at radius 2 is 2.23 bits per heavy atom. The smallest absolute Gasteiger partial charge is 0.404 e. The average Bonchev–Trinajstić information content (AvgIpc) is 2.02. The number of hydrogen-bond acceptors (Lipinski definition) is 3. The first kappa shape index (κ1) is 12.3. The number of nitrogens with two attached hydrogens (primary N) is 1. The summed E-state index contributed by atoms with van der Waals surface area (Å²) in [5.74, 6) is 0. The first-order chi connectivity index (χ1) is 6.04. The lowest BCUT2D eigenvalue weighted by Gasteiger charge is -2.10. The highest BCUT2D eigenvalue weighted by Crippen LogP contribution is 1.95. The highest BCUT2D eigenvalue weighted by atomic mass is 32.2. The number of hydrogen-bond donors (Lipinski definition) is 2. The maximum Gasteiger partial charge on any atom is 0.404 e. The van der Waals surface area contributed by atoms with Crippen LogP contribution in [0.15, 0.2) is 0 Å². The Bertz CT molecular complexity index is 187.